The van der Waals surface area contributed by atoms with Crippen molar-refractivity contribution < 1.29 is 24.5 Å². The lowest BCUT2D eigenvalue weighted by atomic mass is 9.95. The molecule has 1 aromatic heterocycles. The lowest BCUT2D eigenvalue weighted by molar-refractivity contribution is -0.124. The van der Waals surface area contributed by atoms with E-state index in [0.29, 0.717) is 31.1 Å². The molecule has 0 bridgehead atoms. The lowest BCUT2D eigenvalue weighted by Gasteiger charge is -2.35. The van der Waals surface area contributed by atoms with E-state index in [1.165, 1.54) is 13.3 Å². The highest BCUT2D eigenvalue weighted by Gasteiger charge is 2.33. The second-order valence-electron chi connectivity index (χ2n) is 5.69. The number of pyridine rings is 1. The fourth-order valence-corrected chi connectivity index (χ4v) is 2.68. The summed E-state index contributed by atoms with van der Waals surface area (Å²) in [5.74, 6) is -0.0819. The van der Waals surface area contributed by atoms with Gasteiger partial charge in [0.25, 0.3) is 5.91 Å². The number of carbonyl (C=O) groups excluding carboxylic acids is 1. The number of nitrogens with zero attached hydrogens (tertiary/aromatic N) is 2. The van der Waals surface area contributed by atoms with E-state index >= 15 is 0 Å². The Labute approximate surface area is 135 Å². The molecule has 0 saturated carbocycles. The van der Waals surface area contributed by atoms with Gasteiger partial charge in [-0.05, 0) is 12.5 Å². The molecule has 1 fully saturated rings. The van der Waals surface area contributed by atoms with Crippen LogP contribution in [0.1, 0.15) is 23.7 Å². The van der Waals surface area contributed by atoms with E-state index in [0.717, 1.165) is 6.42 Å². The molecular weight excluding hydrogens is 300 g/mol. The van der Waals surface area contributed by atoms with Crippen LogP contribution in [0.3, 0.4) is 0 Å². The van der Waals surface area contributed by atoms with E-state index in [1.54, 1.807) is 17.0 Å². The molecule has 0 spiro atoms. The van der Waals surface area contributed by atoms with Gasteiger partial charge in [-0.3, -0.25) is 4.79 Å². The minimum Gasteiger partial charge on any atom is -0.481 e. The summed E-state index contributed by atoms with van der Waals surface area (Å²) in [5.41, 5.74) is 0.483. The van der Waals surface area contributed by atoms with Gasteiger partial charge in [-0.1, -0.05) is 6.92 Å². The van der Waals surface area contributed by atoms with Crippen molar-refractivity contribution in [2.24, 2.45) is 5.92 Å². The summed E-state index contributed by atoms with van der Waals surface area (Å²) in [6.07, 6.45) is 0.523. The van der Waals surface area contributed by atoms with Crippen LogP contribution in [0.4, 0.5) is 0 Å². The number of aliphatic hydroxyl groups excluding tert-OH is 2. The topological polar surface area (TPSA) is 92.1 Å². The van der Waals surface area contributed by atoms with E-state index in [1.807, 2.05) is 6.92 Å². The van der Waals surface area contributed by atoms with Gasteiger partial charge in [0.05, 0.1) is 26.4 Å². The minimum absolute atomic E-state index is 0.126. The monoisotopic (exact) mass is 324 g/mol. The normalized spacial score (nSPS) is 24.3. The second-order valence-corrected chi connectivity index (χ2v) is 5.69. The van der Waals surface area contributed by atoms with Crippen molar-refractivity contribution in [2.45, 2.75) is 25.6 Å². The summed E-state index contributed by atoms with van der Waals surface area (Å²) < 4.78 is 10.3. The number of hydrogen-bond donors (Lipinski definition) is 2. The first-order valence-corrected chi connectivity index (χ1v) is 7.80. The maximum Gasteiger partial charge on any atom is 0.254 e. The molecule has 1 aliphatic rings. The SMILES string of the molecule is CCCN(C[C@@H]1COC[C@@H](O)[C@H]1O)C(=O)c1ccnc(OC)c1. The minimum atomic E-state index is -0.909. The summed E-state index contributed by atoms with van der Waals surface area (Å²) in [6.45, 7) is 3.32. The van der Waals surface area contributed by atoms with E-state index < -0.39 is 12.2 Å². The molecule has 2 rings (SSSR count). The standard InChI is InChI=1S/C16H24N2O5/c1-3-6-18(8-12-9-23-10-13(19)15(12)20)16(21)11-4-5-17-14(7-11)22-2/h4-5,7,12-13,15,19-20H,3,6,8-10H2,1-2H3/t12-,13-,15+/m1/s1. The molecule has 7 heteroatoms. The van der Waals surface area contributed by atoms with Crippen LogP contribution in [0.15, 0.2) is 18.3 Å². The van der Waals surface area contributed by atoms with E-state index in [-0.39, 0.29) is 18.4 Å². The van der Waals surface area contributed by atoms with Gasteiger partial charge in [-0.2, -0.15) is 0 Å². The second kappa shape index (κ2) is 8.24. The first-order valence-electron chi connectivity index (χ1n) is 7.80. The third-order valence-electron chi connectivity index (χ3n) is 3.92. The lowest BCUT2D eigenvalue weighted by Crippen LogP contribution is -2.49. The summed E-state index contributed by atoms with van der Waals surface area (Å²) >= 11 is 0. The summed E-state index contributed by atoms with van der Waals surface area (Å²) in [7, 11) is 1.50. The number of amides is 1. The van der Waals surface area contributed by atoms with Crippen LogP contribution >= 0.6 is 0 Å². The van der Waals surface area contributed by atoms with Crippen molar-refractivity contribution in [3.05, 3.63) is 23.9 Å². The maximum atomic E-state index is 12.7. The van der Waals surface area contributed by atoms with Crippen LogP contribution in [0, 0.1) is 5.92 Å². The van der Waals surface area contributed by atoms with Gasteiger partial charge in [0.15, 0.2) is 0 Å². The van der Waals surface area contributed by atoms with Gasteiger partial charge in [0, 0.05) is 36.8 Å². The predicted molar refractivity (Wildman–Crippen MR) is 83.3 cm³/mol. The third-order valence-corrected chi connectivity index (χ3v) is 3.92. The number of rotatable bonds is 6. The fourth-order valence-electron chi connectivity index (χ4n) is 2.68. The van der Waals surface area contributed by atoms with Gasteiger partial charge < -0.3 is 24.6 Å². The quantitative estimate of drug-likeness (QED) is 0.782. The number of methoxy groups -OCH3 is 1. The predicted octanol–water partition coefficient (Wildman–Crippen LogP) is 0.311. The van der Waals surface area contributed by atoms with E-state index in [2.05, 4.69) is 4.98 Å². The number of aromatic nitrogens is 1. The molecule has 1 amide bonds. The summed E-state index contributed by atoms with van der Waals surface area (Å²) in [6, 6.07) is 3.23. The zero-order valence-electron chi connectivity index (χ0n) is 13.5. The highest BCUT2D eigenvalue weighted by atomic mass is 16.5. The third kappa shape index (κ3) is 4.40. The Kier molecular flexibility index (Phi) is 6.32. The van der Waals surface area contributed by atoms with Gasteiger partial charge in [0.2, 0.25) is 5.88 Å². The van der Waals surface area contributed by atoms with Crippen molar-refractivity contribution in [3.8, 4) is 5.88 Å². The summed E-state index contributed by atoms with van der Waals surface area (Å²) in [5, 5.41) is 19.8. The Morgan fingerprint density at radius 1 is 1.48 bits per heavy atom. The van der Waals surface area contributed by atoms with Crippen molar-refractivity contribution in [2.75, 3.05) is 33.4 Å². The first-order chi connectivity index (χ1) is 11.1. The number of aliphatic hydroxyl groups is 2. The Morgan fingerprint density at radius 3 is 2.96 bits per heavy atom. The zero-order chi connectivity index (χ0) is 16.8. The molecule has 0 radical (unpaired) electrons. The highest BCUT2D eigenvalue weighted by molar-refractivity contribution is 5.94. The van der Waals surface area contributed by atoms with Gasteiger partial charge in [-0.15, -0.1) is 0 Å². The summed E-state index contributed by atoms with van der Waals surface area (Å²) in [4.78, 5) is 18.4. The van der Waals surface area contributed by atoms with Crippen molar-refractivity contribution in [1.82, 2.24) is 9.88 Å². The highest BCUT2D eigenvalue weighted by Crippen LogP contribution is 2.19. The molecule has 0 unspecified atom stereocenters. The number of carbonyl (C=O) groups is 1. The molecule has 23 heavy (non-hydrogen) atoms. The molecule has 2 heterocycles. The Balaban J connectivity index is 2.11. The van der Waals surface area contributed by atoms with Crippen LogP contribution in [-0.2, 0) is 4.74 Å². The van der Waals surface area contributed by atoms with Crippen LogP contribution < -0.4 is 4.74 Å². The largest absolute Gasteiger partial charge is 0.481 e. The Hall–Kier alpha value is -1.70. The average molecular weight is 324 g/mol. The van der Waals surface area contributed by atoms with E-state index in [9.17, 15) is 15.0 Å². The van der Waals surface area contributed by atoms with Crippen molar-refractivity contribution in [1.29, 1.82) is 0 Å². The zero-order valence-corrected chi connectivity index (χ0v) is 13.5. The molecular formula is C16H24N2O5. The Morgan fingerprint density at radius 2 is 2.26 bits per heavy atom. The fraction of sp³-hybridized carbons (Fsp3) is 0.625. The first kappa shape index (κ1) is 17.7. The molecule has 0 aromatic carbocycles. The van der Waals surface area contributed by atoms with Crippen molar-refractivity contribution >= 4 is 5.91 Å². The Bertz CT molecular complexity index is 525. The van der Waals surface area contributed by atoms with E-state index in [4.69, 9.17) is 9.47 Å². The molecule has 128 valence electrons. The molecule has 7 nitrogen and oxygen atoms in total. The maximum absolute atomic E-state index is 12.7. The van der Waals surface area contributed by atoms with Crippen LogP contribution in [0.25, 0.3) is 0 Å². The van der Waals surface area contributed by atoms with Gasteiger partial charge >= 0.3 is 0 Å². The molecule has 0 aliphatic carbocycles. The molecule has 1 aromatic rings. The molecule has 1 saturated heterocycles. The average Bonchev–Trinajstić information content (AvgIpc) is 2.57. The van der Waals surface area contributed by atoms with Gasteiger partial charge in [-0.25, -0.2) is 4.98 Å². The molecule has 2 N–H and O–H groups in total. The smallest absolute Gasteiger partial charge is 0.254 e. The van der Waals surface area contributed by atoms with Crippen molar-refractivity contribution in [3.63, 3.8) is 0 Å². The van der Waals surface area contributed by atoms with Crippen LogP contribution in [-0.4, -0.2) is 71.6 Å². The molecule has 1 aliphatic heterocycles. The number of hydrogen-bond acceptors (Lipinski definition) is 6. The van der Waals surface area contributed by atoms with Crippen LogP contribution in [0.5, 0.6) is 5.88 Å². The van der Waals surface area contributed by atoms with Gasteiger partial charge in [0.1, 0.15) is 6.10 Å². The molecule has 3 atom stereocenters. The van der Waals surface area contributed by atoms with Crippen LogP contribution in [0.2, 0.25) is 0 Å². The number of ether oxygens (including phenoxy) is 2.